The van der Waals surface area contributed by atoms with Gasteiger partial charge in [0.25, 0.3) is 0 Å². The van der Waals surface area contributed by atoms with Crippen LogP contribution in [0.1, 0.15) is 61.4 Å². The van der Waals surface area contributed by atoms with Crippen molar-refractivity contribution in [2.75, 3.05) is 6.61 Å². The number of carboxylic acid groups (broad SMARTS) is 1. The molecule has 1 aromatic carbocycles. The van der Waals surface area contributed by atoms with Gasteiger partial charge in [-0.2, -0.15) is 0 Å². The van der Waals surface area contributed by atoms with Crippen molar-refractivity contribution < 1.29 is 14.6 Å². The molecular formula is C19H24O3. The van der Waals surface area contributed by atoms with Crippen LogP contribution in [0.15, 0.2) is 18.2 Å². The number of ether oxygens (including phenoxy) is 1. The number of carbonyl (C=O) groups is 1. The van der Waals surface area contributed by atoms with Crippen molar-refractivity contribution in [1.29, 1.82) is 0 Å². The van der Waals surface area contributed by atoms with Crippen molar-refractivity contribution in [2.45, 2.75) is 50.9 Å². The number of benzene rings is 1. The van der Waals surface area contributed by atoms with Crippen molar-refractivity contribution >= 4 is 5.97 Å². The lowest BCUT2D eigenvalue weighted by Gasteiger charge is -2.57. The van der Waals surface area contributed by atoms with E-state index in [0.717, 1.165) is 17.8 Å². The van der Waals surface area contributed by atoms with Crippen molar-refractivity contribution in [3.05, 3.63) is 29.3 Å². The monoisotopic (exact) mass is 300 g/mol. The summed E-state index contributed by atoms with van der Waals surface area (Å²) in [5.74, 6) is 2.22. The lowest BCUT2D eigenvalue weighted by Crippen LogP contribution is -2.48. The average molecular weight is 300 g/mol. The van der Waals surface area contributed by atoms with E-state index in [1.807, 2.05) is 19.1 Å². The van der Waals surface area contributed by atoms with Gasteiger partial charge >= 0.3 is 5.97 Å². The third-order valence-electron chi connectivity index (χ3n) is 6.16. The first-order valence-corrected chi connectivity index (χ1v) is 8.60. The first-order chi connectivity index (χ1) is 10.6. The molecule has 22 heavy (non-hydrogen) atoms. The number of hydrogen-bond acceptors (Lipinski definition) is 2. The van der Waals surface area contributed by atoms with Crippen LogP contribution in [0, 0.1) is 17.8 Å². The van der Waals surface area contributed by atoms with Crippen LogP contribution >= 0.6 is 0 Å². The minimum atomic E-state index is -0.880. The molecule has 4 bridgehead atoms. The highest BCUT2D eigenvalue weighted by atomic mass is 16.5. The van der Waals surface area contributed by atoms with Gasteiger partial charge in [0.2, 0.25) is 0 Å². The molecule has 0 aromatic heterocycles. The Balaban J connectivity index is 1.73. The Morgan fingerprint density at radius 1 is 1.18 bits per heavy atom. The topological polar surface area (TPSA) is 46.5 Å². The van der Waals surface area contributed by atoms with E-state index in [1.165, 1.54) is 44.1 Å². The maximum atomic E-state index is 11.6. The van der Waals surface area contributed by atoms with Crippen LogP contribution < -0.4 is 4.74 Å². The summed E-state index contributed by atoms with van der Waals surface area (Å²) in [6, 6.07) is 5.91. The van der Waals surface area contributed by atoms with E-state index >= 15 is 0 Å². The molecule has 4 aliphatic rings. The van der Waals surface area contributed by atoms with Crippen molar-refractivity contribution in [3.8, 4) is 5.75 Å². The molecule has 3 nitrogen and oxygen atoms in total. The molecule has 4 saturated carbocycles. The van der Waals surface area contributed by atoms with Gasteiger partial charge in [0.1, 0.15) is 11.3 Å². The van der Waals surface area contributed by atoms with E-state index in [9.17, 15) is 9.90 Å². The molecule has 4 aliphatic carbocycles. The molecule has 3 heteroatoms. The van der Waals surface area contributed by atoms with Gasteiger partial charge in [0.05, 0.1) is 6.61 Å². The Labute approximate surface area is 131 Å². The van der Waals surface area contributed by atoms with Gasteiger partial charge in [-0.15, -0.1) is 0 Å². The quantitative estimate of drug-likeness (QED) is 0.904. The van der Waals surface area contributed by atoms with Gasteiger partial charge in [-0.25, -0.2) is 4.79 Å². The summed E-state index contributed by atoms with van der Waals surface area (Å²) in [7, 11) is 0. The van der Waals surface area contributed by atoms with Crippen LogP contribution in [0.3, 0.4) is 0 Å². The third-order valence-corrected chi connectivity index (χ3v) is 6.16. The number of hydrogen-bond donors (Lipinski definition) is 1. The predicted octanol–water partition coefficient (Wildman–Crippen LogP) is 4.25. The molecule has 0 spiro atoms. The second-order valence-electron chi connectivity index (χ2n) is 7.65. The molecule has 0 saturated heterocycles. The Hall–Kier alpha value is -1.51. The number of rotatable bonds is 4. The summed E-state index contributed by atoms with van der Waals surface area (Å²) in [4.78, 5) is 11.6. The molecular weight excluding hydrogens is 276 g/mol. The summed E-state index contributed by atoms with van der Waals surface area (Å²) < 4.78 is 5.49. The van der Waals surface area contributed by atoms with Crippen LogP contribution in [-0.4, -0.2) is 17.7 Å². The smallest absolute Gasteiger partial charge is 0.339 e. The van der Waals surface area contributed by atoms with Crippen LogP contribution in [0.4, 0.5) is 0 Å². The summed E-state index contributed by atoms with van der Waals surface area (Å²) in [6.45, 7) is 2.38. The maximum Gasteiger partial charge on any atom is 0.339 e. The zero-order valence-electron chi connectivity index (χ0n) is 13.2. The Bertz CT molecular complexity index is 569. The van der Waals surface area contributed by atoms with Crippen LogP contribution in [0.25, 0.3) is 0 Å². The highest BCUT2D eigenvalue weighted by Crippen LogP contribution is 2.60. The second-order valence-corrected chi connectivity index (χ2v) is 7.65. The molecule has 1 aromatic rings. The molecule has 118 valence electrons. The van der Waals surface area contributed by atoms with Crippen molar-refractivity contribution in [2.24, 2.45) is 17.8 Å². The first kappa shape index (κ1) is 14.1. The van der Waals surface area contributed by atoms with Gasteiger partial charge < -0.3 is 9.84 Å². The first-order valence-electron chi connectivity index (χ1n) is 8.60. The fourth-order valence-corrected chi connectivity index (χ4v) is 5.77. The van der Waals surface area contributed by atoms with Crippen molar-refractivity contribution in [3.63, 3.8) is 0 Å². The summed E-state index contributed by atoms with van der Waals surface area (Å²) in [6.07, 6.45) is 7.98. The Morgan fingerprint density at radius 3 is 2.27 bits per heavy atom. The molecule has 0 atom stereocenters. The van der Waals surface area contributed by atoms with Gasteiger partial charge in [0, 0.05) is 0 Å². The van der Waals surface area contributed by atoms with Gasteiger partial charge in [-0.1, -0.05) is 6.07 Å². The zero-order chi connectivity index (χ0) is 15.3. The lowest BCUT2D eigenvalue weighted by atomic mass is 9.48. The molecule has 4 fully saturated rings. The Morgan fingerprint density at radius 2 is 1.77 bits per heavy atom. The highest BCUT2D eigenvalue weighted by molar-refractivity contribution is 5.91. The van der Waals surface area contributed by atoms with Crippen LogP contribution in [0.2, 0.25) is 0 Å². The standard InChI is InChI=1S/C19H24O3/c1-2-22-17-4-3-15(8-16(17)18(20)21)19-9-12-5-13(10-19)7-14(6-12)11-19/h3-4,8,12-14H,2,5-7,9-11H2,1H3,(H,20,21). The molecule has 0 unspecified atom stereocenters. The van der Waals surface area contributed by atoms with E-state index in [1.54, 1.807) is 0 Å². The van der Waals surface area contributed by atoms with Gasteiger partial charge in [0.15, 0.2) is 0 Å². The third kappa shape index (κ3) is 2.13. The number of carboxylic acids is 1. The molecule has 5 rings (SSSR count). The largest absolute Gasteiger partial charge is 0.493 e. The second kappa shape index (κ2) is 5.00. The van der Waals surface area contributed by atoms with Gasteiger partial charge in [-0.3, -0.25) is 0 Å². The fourth-order valence-electron chi connectivity index (χ4n) is 5.77. The summed E-state index contributed by atoms with van der Waals surface area (Å²) in [5, 5.41) is 9.52. The van der Waals surface area contributed by atoms with Crippen molar-refractivity contribution in [1.82, 2.24) is 0 Å². The average Bonchev–Trinajstić information content (AvgIpc) is 2.46. The highest BCUT2D eigenvalue weighted by Gasteiger charge is 2.51. The van der Waals surface area contributed by atoms with E-state index in [2.05, 4.69) is 6.07 Å². The van der Waals surface area contributed by atoms with E-state index in [-0.39, 0.29) is 5.41 Å². The zero-order valence-corrected chi connectivity index (χ0v) is 13.2. The minimum absolute atomic E-state index is 0.240. The van der Waals surface area contributed by atoms with E-state index in [0.29, 0.717) is 17.9 Å². The summed E-state index contributed by atoms with van der Waals surface area (Å²) >= 11 is 0. The summed E-state index contributed by atoms with van der Waals surface area (Å²) in [5.41, 5.74) is 1.81. The van der Waals surface area contributed by atoms with Crippen LogP contribution in [0.5, 0.6) is 5.75 Å². The molecule has 0 aliphatic heterocycles. The number of aromatic carboxylic acids is 1. The molecule has 0 radical (unpaired) electrons. The molecule has 0 heterocycles. The SMILES string of the molecule is CCOc1ccc(C23CC4CC(CC(C4)C2)C3)cc1C(=O)O. The molecule has 1 N–H and O–H groups in total. The lowest BCUT2D eigenvalue weighted by molar-refractivity contribution is -0.00523. The van der Waals surface area contributed by atoms with Gasteiger partial charge in [-0.05, 0) is 86.3 Å². The predicted molar refractivity (Wildman–Crippen MR) is 84.4 cm³/mol. The maximum absolute atomic E-state index is 11.6. The van der Waals surface area contributed by atoms with E-state index < -0.39 is 5.97 Å². The normalized spacial score (nSPS) is 35.6. The fraction of sp³-hybridized carbons (Fsp3) is 0.632. The Kier molecular flexibility index (Phi) is 3.21. The minimum Gasteiger partial charge on any atom is -0.493 e. The van der Waals surface area contributed by atoms with E-state index in [4.69, 9.17) is 4.74 Å². The van der Waals surface area contributed by atoms with Crippen LogP contribution in [-0.2, 0) is 5.41 Å². The molecule has 0 amide bonds.